The van der Waals surface area contributed by atoms with Crippen LogP contribution in [-0.4, -0.2) is 51.5 Å². The normalized spacial score (nSPS) is 21.1. The molecule has 1 rings (SSSR count). The highest BCUT2D eigenvalue weighted by Crippen LogP contribution is 2.21. The number of aliphatic carboxylic acids is 1. The molecule has 0 aliphatic carbocycles. The standard InChI is InChI=1S/C10H16N2O4S/c1-3-8(13)12-5-17-4-7(12)9(14)11-6(2)10(15)16/h6-7H,3-5H2,1-2H3,(H,11,14)(H,15,16). The molecule has 2 amide bonds. The molecule has 0 spiro atoms. The summed E-state index contributed by atoms with van der Waals surface area (Å²) in [6.07, 6.45) is 0.346. The van der Waals surface area contributed by atoms with Gasteiger partial charge >= 0.3 is 5.97 Å². The second kappa shape index (κ2) is 5.90. The van der Waals surface area contributed by atoms with Crippen LogP contribution in [0.3, 0.4) is 0 Å². The number of thioether (sulfide) groups is 1. The van der Waals surface area contributed by atoms with Gasteiger partial charge in [-0.3, -0.25) is 14.4 Å². The molecule has 0 radical (unpaired) electrons. The molecule has 1 fully saturated rings. The summed E-state index contributed by atoms with van der Waals surface area (Å²) in [4.78, 5) is 35.5. The van der Waals surface area contributed by atoms with E-state index in [0.717, 1.165) is 0 Å². The summed E-state index contributed by atoms with van der Waals surface area (Å²) in [5, 5.41) is 11.1. The number of rotatable bonds is 4. The Morgan fingerprint density at radius 1 is 1.53 bits per heavy atom. The summed E-state index contributed by atoms with van der Waals surface area (Å²) in [6, 6.07) is -1.49. The Hall–Kier alpha value is -1.24. The van der Waals surface area contributed by atoms with Gasteiger partial charge in [0.15, 0.2) is 0 Å². The third kappa shape index (κ3) is 3.36. The zero-order valence-electron chi connectivity index (χ0n) is 9.80. The average Bonchev–Trinajstić information content (AvgIpc) is 2.76. The van der Waals surface area contributed by atoms with Gasteiger partial charge in [-0.2, -0.15) is 0 Å². The lowest BCUT2D eigenvalue weighted by molar-refractivity contribution is -0.143. The fraction of sp³-hybridized carbons (Fsp3) is 0.700. The summed E-state index contributed by atoms with van der Waals surface area (Å²) < 4.78 is 0. The summed E-state index contributed by atoms with van der Waals surface area (Å²) in [6.45, 7) is 3.13. The number of nitrogens with one attached hydrogen (secondary N) is 1. The van der Waals surface area contributed by atoms with Crippen molar-refractivity contribution in [2.45, 2.75) is 32.4 Å². The molecule has 0 aromatic carbocycles. The highest BCUT2D eigenvalue weighted by atomic mass is 32.2. The van der Waals surface area contributed by atoms with E-state index < -0.39 is 24.0 Å². The van der Waals surface area contributed by atoms with Crippen molar-refractivity contribution >= 4 is 29.5 Å². The van der Waals surface area contributed by atoms with Crippen molar-refractivity contribution in [3.63, 3.8) is 0 Å². The fourth-order valence-electron chi connectivity index (χ4n) is 1.48. The third-order valence-electron chi connectivity index (χ3n) is 2.54. The number of carboxylic acid groups (broad SMARTS) is 1. The molecule has 2 unspecified atom stereocenters. The highest BCUT2D eigenvalue weighted by Gasteiger charge is 2.34. The predicted molar refractivity (Wildman–Crippen MR) is 63.5 cm³/mol. The van der Waals surface area contributed by atoms with Gasteiger partial charge in [-0.25, -0.2) is 0 Å². The van der Waals surface area contributed by atoms with Gasteiger partial charge in [0.05, 0.1) is 5.88 Å². The molecule has 1 heterocycles. The molecule has 2 N–H and O–H groups in total. The first-order valence-electron chi connectivity index (χ1n) is 5.37. The van der Waals surface area contributed by atoms with Crippen molar-refractivity contribution in [1.29, 1.82) is 0 Å². The minimum atomic E-state index is -1.09. The van der Waals surface area contributed by atoms with Crippen LogP contribution in [0.2, 0.25) is 0 Å². The van der Waals surface area contributed by atoms with Crippen molar-refractivity contribution in [2.24, 2.45) is 0 Å². The lowest BCUT2D eigenvalue weighted by Crippen LogP contribution is -2.50. The van der Waals surface area contributed by atoms with Crippen molar-refractivity contribution < 1.29 is 19.5 Å². The maximum Gasteiger partial charge on any atom is 0.325 e. The van der Waals surface area contributed by atoms with Crippen LogP contribution < -0.4 is 5.32 Å². The molecule has 0 bridgehead atoms. The van der Waals surface area contributed by atoms with E-state index >= 15 is 0 Å². The molecule has 0 aromatic heterocycles. The minimum absolute atomic E-state index is 0.0851. The van der Waals surface area contributed by atoms with E-state index in [9.17, 15) is 14.4 Å². The van der Waals surface area contributed by atoms with Gasteiger partial charge in [-0.15, -0.1) is 11.8 Å². The largest absolute Gasteiger partial charge is 0.480 e. The summed E-state index contributed by atoms with van der Waals surface area (Å²) in [5.74, 6) is -0.557. The van der Waals surface area contributed by atoms with E-state index in [1.165, 1.54) is 23.6 Å². The molecule has 1 aliphatic heterocycles. The number of amides is 2. The molecular weight excluding hydrogens is 244 g/mol. The van der Waals surface area contributed by atoms with Gasteiger partial charge in [0.2, 0.25) is 11.8 Å². The highest BCUT2D eigenvalue weighted by molar-refractivity contribution is 7.99. The van der Waals surface area contributed by atoms with E-state index in [1.54, 1.807) is 6.92 Å². The SMILES string of the molecule is CCC(=O)N1CSCC1C(=O)NC(C)C(=O)O. The Kier molecular flexibility index (Phi) is 4.80. The second-order valence-corrected chi connectivity index (χ2v) is 4.80. The van der Waals surface area contributed by atoms with Gasteiger partial charge in [0.1, 0.15) is 12.1 Å². The molecule has 0 saturated carbocycles. The molecule has 17 heavy (non-hydrogen) atoms. The van der Waals surface area contributed by atoms with E-state index in [0.29, 0.717) is 18.1 Å². The molecule has 0 aromatic rings. The summed E-state index contributed by atoms with van der Waals surface area (Å²) in [5.41, 5.74) is 0. The number of hydrogen-bond acceptors (Lipinski definition) is 4. The summed E-state index contributed by atoms with van der Waals surface area (Å²) >= 11 is 1.49. The molecular formula is C10H16N2O4S. The first-order chi connectivity index (χ1) is 7.97. The van der Waals surface area contributed by atoms with E-state index in [4.69, 9.17) is 5.11 Å². The third-order valence-corrected chi connectivity index (χ3v) is 3.55. The van der Waals surface area contributed by atoms with Crippen LogP contribution in [-0.2, 0) is 14.4 Å². The molecule has 1 saturated heterocycles. The second-order valence-electron chi connectivity index (χ2n) is 3.80. The Labute approximate surface area is 104 Å². The average molecular weight is 260 g/mol. The van der Waals surface area contributed by atoms with E-state index in [1.807, 2.05) is 0 Å². The van der Waals surface area contributed by atoms with Crippen LogP contribution >= 0.6 is 11.8 Å². The smallest absolute Gasteiger partial charge is 0.325 e. The Bertz CT molecular complexity index is 334. The van der Waals surface area contributed by atoms with Crippen molar-refractivity contribution in [3.05, 3.63) is 0 Å². The zero-order valence-corrected chi connectivity index (χ0v) is 10.6. The Balaban J connectivity index is 2.62. The van der Waals surface area contributed by atoms with Gasteiger partial charge in [0.25, 0.3) is 0 Å². The van der Waals surface area contributed by atoms with Gasteiger partial charge in [-0.1, -0.05) is 6.92 Å². The Morgan fingerprint density at radius 3 is 2.71 bits per heavy atom. The van der Waals surface area contributed by atoms with E-state index in [2.05, 4.69) is 5.32 Å². The van der Waals surface area contributed by atoms with Crippen LogP contribution in [0.5, 0.6) is 0 Å². The minimum Gasteiger partial charge on any atom is -0.480 e. The lowest BCUT2D eigenvalue weighted by Gasteiger charge is -2.23. The topological polar surface area (TPSA) is 86.7 Å². The first-order valence-corrected chi connectivity index (χ1v) is 6.53. The number of carbonyl (C=O) groups is 3. The lowest BCUT2D eigenvalue weighted by atomic mass is 10.2. The van der Waals surface area contributed by atoms with Crippen molar-refractivity contribution in [1.82, 2.24) is 10.2 Å². The fourth-order valence-corrected chi connectivity index (χ4v) is 2.66. The molecule has 96 valence electrons. The number of carboxylic acids is 1. The quantitative estimate of drug-likeness (QED) is 0.736. The molecule has 6 nitrogen and oxygen atoms in total. The first kappa shape index (κ1) is 13.8. The van der Waals surface area contributed by atoms with Crippen LogP contribution in [0, 0.1) is 0 Å². The predicted octanol–water partition coefficient (Wildman–Crippen LogP) is -0.113. The van der Waals surface area contributed by atoms with Gasteiger partial charge < -0.3 is 15.3 Å². The maximum absolute atomic E-state index is 11.8. The number of hydrogen-bond donors (Lipinski definition) is 2. The van der Waals surface area contributed by atoms with Crippen LogP contribution in [0.15, 0.2) is 0 Å². The van der Waals surface area contributed by atoms with E-state index in [-0.39, 0.29) is 5.91 Å². The van der Waals surface area contributed by atoms with Gasteiger partial charge in [-0.05, 0) is 6.92 Å². The monoisotopic (exact) mass is 260 g/mol. The molecule has 7 heteroatoms. The maximum atomic E-state index is 11.8. The Morgan fingerprint density at radius 2 is 2.18 bits per heavy atom. The van der Waals surface area contributed by atoms with Crippen LogP contribution in [0.4, 0.5) is 0 Å². The zero-order chi connectivity index (χ0) is 13.0. The van der Waals surface area contributed by atoms with Crippen molar-refractivity contribution in [3.8, 4) is 0 Å². The van der Waals surface area contributed by atoms with Crippen LogP contribution in [0.25, 0.3) is 0 Å². The molecule has 2 atom stereocenters. The van der Waals surface area contributed by atoms with Crippen LogP contribution in [0.1, 0.15) is 20.3 Å². The van der Waals surface area contributed by atoms with Gasteiger partial charge in [0, 0.05) is 12.2 Å². The van der Waals surface area contributed by atoms with Crippen molar-refractivity contribution in [2.75, 3.05) is 11.6 Å². The summed E-state index contributed by atoms with van der Waals surface area (Å²) in [7, 11) is 0. The number of carbonyl (C=O) groups excluding carboxylic acids is 2. The number of nitrogens with zero attached hydrogens (tertiary/aromatic N) is 1. The molecule has 1 aliphatic rings.